The van der Waals surface area contributed by atoms with Crippen LogP contribution in [0.25, 0.3) is 0 Å². The van der Waals surface area contributed by atoms with Crippen LogP contribution in [-0.4, -0.2) is 8.07 Å². The fourth-order valence-corrected chi connectivity index (χ4v) is 2.51. The van der Waals surface area contributed by atoms with Crippen molar-refractivity contribution in [3.8, 4) is 0 Å². The SMILES string of the molecule is C[Si](C)(C)C1=[C-]CC=C1.[C-]1=CC=CC1.[H-].[H-].[Zr+2]. The summed E-state index contributed by atoms with van der Waals surface area (Å²) in [4.78, 5) is 0. The Balaban J connectivity index is -0.000000216. The summed E-state index contributed by atoms with van der Waals surface area (Å²) in [6.45, 7) is 7.06. The van der Waals surface area contributed by atoms with E-state index in [9.17, 15) is 0 Å². The van der Waals surface area contributed by atoms with Gasteiger partial charge in [-0.2, -0.15) is 12.2 Å². The molecule has 2 aliphatic carbocycles. The van der Waals surface area contributed by atoms with E-state index >= 15 is 0 Å². The molecule has 2 rings (SSSR count). The molecule has 0 radical (unpaired) electrons. The summed E-state index contributed by atoms with van der Waals surface area (Å²) in [5, 5.41) is 1.49. The van der Waals surface area contributed by atoms with E-state index in [1.807, 2.05) is 12.2 Å². The first-order valence-electron chi connectivity index (χ1n) is 5.10. The first-order chi connectivity index (χ1) is 6.61. The van der Waals surface area contributed by atoms with E-state index in [0.29, 0.717) is 0 Å². The molecule has 0 aromatic heterocycles. The molecule has 0 aromatic carbocycles. The van der Waals surface area contributed by atoms with Gasteiger partial charge in [0.2, 0.25) is 0 Å². The van der Waals surface area contributed by atoms with Crippen LogP contribution in [0, 0.1) is 12.2 Å². The molecule has 0 atom stereocenters. The minimum absolute atomic E-state index is 0. The third kappa shape index (κ3) is 6.27. The molecular formula is C13H20SiZr-2. The maximum atomic E-state index is 3.36. The van der Waals surface area contributed by atoms with Crippen molar-refractivity contribution in [2.24, 2.45) is 0 Å². The molecular weight excluding hydrogens is 275 g/mol. The van der Waals surface area contributed by atoms with Crippen molar-refractivity contribution >= 4 is 8.07 Å². The Morgan fingerprint density at radius 3 is 2.13 bits per heavy atom. The van der Waals surface area contributed by atoms with Crippen molar-refractivity contribution in [1.82, 2.24) is 0 Å². The van der Waals surface area contributed by atoms with Crippen LogP contribution in [0.5, 0.6) is 0 Å². The maximum absolute atomic E-state index is 3.36. The molecule has 0 unspecified atom stereocenters. The van der Waals surface area contributed by atoms with Crippen LogP contribution in [0.2, 0.25) is 19.6 Å². The van der Waals surface area contributed by atoms with Gasteiger partial charge in [0.15, 0.2) is 0 Å². The first kappa shape index (κ1) is 15.1. The van der Waals surface area contributed by atoms with E-state index in [0.717, 1.165) is 12.8 Å². The molecule has 0 nitrogen and oxygen atoms in total. The van der Waals surface area contributed by atoms with Crippen LogP contribution in [0.1, 0.15) is 15.7 Å². The number of hydrogen-bond acceptors (Lipinski definition) is 0. The molecule has 0 amide bonds. The molecule has 0 saturated heterocycles. The van der Waals surface area contributed by atoms with E-state index in [4.69, 9.17) is 0 Å². The largest absolute Gasteiger partial charge is 2.00 e. The van der Waals surface area contributed by atoms with E-state index in [1.165, 1.54) is 5.20 Å². The normalized spacial score (nSPS) is 16.9. The van der Waals surface area contributed by atoms with Gasteiger partial charge in [0.05, 0.1) is 0 Å². The minimum Gasteiger partial charge on any atom is -1.00 e. The number of allylic oxidation sites excluding steroid dienone is 8. The quantitative estimate of drug-likeness (QED) is 0.505. The molecule has 0 saturated carbocycles. The Morgan fingerprint density at radius 2 is 1.93 bits per heavy atom. The Bertz CT molecular complexity index is 289. The number of rotatable bonds is 1. The molecule has 0 aromatic rings. The van der Waals surface area contributed by atoms with Gasteiger partial charge in [-0.3, -0.25) is 12.2 Å². The van der Waals surface area contributed by atoms with Crippen LogP contribution < -0.4 is 0 Å². The standard InChI is InChI=1S/C8H13Si.C5H5.Zr.2H/c1-9(2,3)8-6-4-5-7-8;1-2-4-5-3-1;;;/h4,6H,5H2,1-3H3;1-3H,4H2;;;/q2*-1;+2;2*-1. The van der Waals surface area contributed by atoms with Crippen LogP contribution in [-0.2, 0) is 26.2 Å². The molecule has 0 heterocycles. The molecule has 0 bridgehead atoms. The van der Waals surface area contributed by atoms with Crippen molar-refractivity contribution in [3.05, 3.63) is 47.7 Å². The van der Waals surface area contributed by atoms with Gasteiger partial charge in [-0.15, -0.1) is 12.8 Å². The zero-order chi connectivity index (χ0) is 10.4. The van der Waals surface area contributed by atoms with Gasteiger partial charge in [0, 0.05) is 8.07 Å². The van der Waals surface area contributed by atoms with Crippen molar-refractivity contribution < 1.29 is 29.1 Å². The Labute approximate surface area is 117 Å². The van der Waals surface area contributed by atoms with Gasteiger partial charge in [-0.1, -0.05) is 19.6 Å². The molecule has 2 aliphatic rings. The van der Waals surface area contributed by atoms with Crippen LogP contribution in [0.15, 0.2) is 35.6 Å². The van der Waals surface area contributed by atoms with Crippen LogP contribution in [0.4, 0.5) is 0 Å². The van der Waals surface area contributed by atoms with Gasteiger partial charge in [-0.25, -0.2) is 23.4 Å². The average Bonchev–Trinajstić information content (AvgIpc) is 2.80. The zero-order valence-corrected chi connectivity index (χ0v) is 13.3. The summed E-state index contributed by atoms with van der Waals surface area (Å²) < 4.78 is 0. The fraction of sp³-hybridized carbons (Fsp3) is 0.385. The van der Waals surface area contributed by atoms with Crippen molar-refractivity contribution in [3.63, 3.8) is 0 Å². The maximum Gasteiger partial charge on any atom is 2.00 e. The molecule has 15 heavy (non-hydrogen) atoms. The number of hydrogen-bond donors (Lipinski definition) is 0. The third-order valence-electron chi connectivity index (χ3n) is 2.09. The van der Waals surface area contributed by atoms with E-state index < -0.39 is 8.07 Å². The Morgan fingerprint density at radius 1 is 1.20 bits per heavy atom. The summed E-state index contributed by atoms with van der Waals surface area (Å²) in [6.07, 6.45) is 18.8. The predicted octanol–water partition coefficient (Wildman–Crippen LogP) is 4.08. The molecule has 0 fully saturated rings. The van der Waals surface area contributed by atoms with E-state index in [2.05, 4.69) is 50.0 Å². The van der Waals surface area contributed by atoms with Gasteiger partial charge in [-0.05, 0) is 0 Å². The Kier molecular flexibility index (Phi) is 7.38. The monoisotopic (exact) mass is 294 g/mol. The first-order valence-corrected chi connectivity index (χ1v) is 8.60. The minimum atomic E-state index is -1.01. The fourth-order valence-electron chi connectivity index (χ4n) is 1.26. The van der Waals surface area contributed by atoms with Gasteiger partial charge in [0.1, 0.15) is 0 Å². The van der Waals surface area contributed by atoms with Crippen LogP contribution in [0.3, 0.4) is 0 Å². The Hall–Kier alpha value is 0.0600. The molecule has 2 heteroatoms. The van der Waals surface area contributed by atoms with Gasteiger partial charge >= 0.3 is 26.2 Å². The van der Waals surface area contributed by atoms with Crippen LogP contribution >= 0.6 is 0 Å². The smallest absolute Gasteiger partial charge is 1.00 e. The second-order valence-electron chi connectivity index (χ2n) is 4.45. The average molecular weight is 296 g/mol. The topological polar surface area (TPSA) is 0 Å². The van der Waals surface area contributed by atoms with Gasteiger partial charge < -0.3 is 2.85 Å². The summed E-state index contributed by atoms with van der Waals surface area (Å²) in [5.74, 6) is 0. The predicted molar refractivity (Wildman–Crippen MR) is 67.7 cm³/mol. The van der Waals surface area contributed by atoms with Crippen molar-refractivity contribution in [2.45, 2.75) is 32.5 Å². The van der Waals surface area contributed by atoms with Crippen molar-refractivity contribution in [2.75, 3.05) is 0 Å². The molecule has 0 spiro atoms. The summed E-state index contributed by atoms with van der Waals surface area (Å²) >= 11 is 0. The second-order valence-corrected chi connectivity index (χ2v) is 9.49. The zero-order valence-electron chi connectivity index (χ0n) is 11.8. The van der Waals surface area contributed by atoms with Gasteiger partial charge in [0.25, 0.3) is 0 Å². The molecule has 82 valence electrons. The second kappa shape index (κ2) is 7.35. The summed E-state index contributed by atoms with van der Waals surface area (Å²) in [5.41, 5.74) is 0. The van der Waals surface area contributed by atoms with E-state index in [1.54, 1.807) is 0 Å². The van der Waals surface area contributed by atoms with E-state index in [-0.39, 0.29) is 29.1 Å². The summed E-state index contributed by atoms with van der Waals surface area (Å²) in [6, 6.07) is 0. The molecule has 0 N–H and O–H groups in total. The third-order valence-corrected chi connectivity index (χ3v) is 4.05. The van der Waals surface area contributed by atoms with Crippen molar-refractivity contribution in [1.29, 1.82) is 0 Å². The molecule has 0 aliphatic heterocycles. The summed E-state index contributed by atoms with van der Waals surface area (Å²) in [7, 11) is -1.01.